The van der Waals surface area contributed by atoms with Gasteiger partial charge in [-0.15, -0.1) is 0 Å². The van der Waals surface area contributed by atoms with Gasteiger partial charge in [0.15, 0.2) is 0 Å². The lowest BCUT2D eigenvalue weighted by Gasteiger charge is -2.35. The first-order valence-corrected chi connectivity index (χ1v) is 27.1. The van der Waals surface area contributed by atoms with Crippen molar-refractivity contribution < 1.29 is 57.8 Å². The Bertz CT molecular complexity index is 2000. The van der Waals surface area contributed by atoms with Crippen LogP contribution in [0.15, 0.2) is 0 Å². The standard InChI is InChI=1S/C53H95N11O12/c1-18-32(11)41-53(76)63(16)44(31(9)10)49(72)57-34(13)46(69)54-23-20-38(66)59-37(27-29(5)6)52(75)64(17)45(33(12)19-2)50(73)61-42(35(14)65)47(70)55-24-21-39(67)58-36(26-28(3)4)51(74)62(15)43(30(7)8)48(71)56-25-22-40(68)60-41/h28-37,41-45,65H,18-27H2,1-17H3,(H,54,69)(H,55,70)(H,56,71)(H,57,72)(H,58,67)(H,59,66)(H,60,68)(H,61,73). The Hall–Kier alpha value is -5.87. The maximum atomic E-state index is 14.2. The summed E-state index contributed by atoms with van der Waals surface area (Å²) in [6.07, 6.45) is -0.935. The Kier molecular flexibility index (Phi) is 29.3. The van der Waals surface area contributed by atoms with Crippen molar-refractivity contribution >= 4 is 65.0 Å². The first-order valence-electron chi connectivity index (χ1n) is 27.1. The number of hydrogen-bond donors (Lipinski definition) is 9. The minimum atomic E-state index is -1.51. The SMILES string of the molecule is CCC(C)C1NC(=O)CCNC(=O)C(C(C)C)N(C)C(=O)C(CC(C)C)NC(=O)CCNC(=O)C(C(C)O)NC(=O)C(C(C)CC)N(C)C(=O)C(CC(C)C)NC(=O)CCNC(=O)C(C)NC(=O)C(C(C)C)N(C)C1=O. The fraction of sp³-hybridized carbons (Fsp3) is 0.792. The zero-order valence-electron chi connectivity index (χ0n) is 48.5. The molecule has 11 amide bonds. The summed E-state index contributed by atoms with van der Waals surface area (Å²) in [7, 11) is 4.30. The Morgan fingerprint density at radius 2 is 0.816 bits per heavy atom. The molecule has 0 spiro atoms. The third kappa shape index (κ3) is 21.3. The van der Waals surface area contributed by atoms with E-state index in [1.54, 1.807) is 41.5 Å². The molecular formula is C53H95N11O12. The molecule has 11 unspecified atom stereocenters. The Morgan fingerprint density at radius 1 is 0.447 bits per heavy atom. The molecule has 0 aliphatic carbocycles. The first-order chi connectivity index (χ1) is 35.3. The van der Waals surface area contributed by atoms with Crippen LogP contribution in [0.25, 0.3) is 0 Å². The maximum absolute atomic E-state index is 14.2. The van der Waals surface area contributed by atoms with Crippen LogP contribution in [0.4, 0.5) is 0 Å². The number of hydrogen-bond acceptors (Lipinski definition) is 12. The predicted molar refractivity (Wildman–Crippen MR) is 287 cm³/mol. The number of aliphatic hydroxyl groups excluding tert-OH is 1. The predicted octanol–water partition coefficient (Wildman–Crippen LogP) is 0.321. The molecule has 434 valence electrons. The summed E-state index contributed by atoms with van der Waals surface area (Å²) in [4.78, 5) is 155. The molecule has 1 aliphatic rings. The fourth-order valence-electron chi connectivity index (χ4n) is 9.13. The molecule has 0 aromatic carbocycles. The van der Waals surface area contributed by atoms with Gasteiger partial charge in [0.1, 0.15) is 48.3 Å². The highest BCUT2D eigenvalue weighted by molar-refractivity contribution is 5.97. The van der Waals surface area contributed by atoms with E-state index in [4.69, 9.17) is 0 Å². The van der Waals surface area contributed by atoms with E-state index in [0.717, 1.165) is 0 Å². The van der Waals surface area contributed by atoms with Crippen LogP contribution in [0, 0.1) is 35.5 Å². The summed E-state index contributed by atoms with van der Waals surface area (Å²) in [5, 5.41) is 32.2. The van der Waals surface area contributed by atoms with Gasteiger partial charge in [-0.25, -0.2) is 0 Å². The van der Waals surface area contributed by atoms with Crippen molar-refractivity contribution in [1.29, 1.82) is 0 Å². The van der Waals surface area contributed by atoms with Crippen molar-refractivity contribution in [2.24, 2.45) is 35.5 Å². The third-order valence-corrected chi connectivity index (χ3v) is 13.8. The van der Waals surface area contributed by atoms with Gasteiger partial charge in [0.05, 0.1) is 6.10 Å². The highest BCUT2D eigenvalue weighted by Crippen LogP contribution is 2.20. The normalized spacial score (nSPS) is 26.8. The zero-order valence-corrected chi connectivity index (χ0v) is 48.5. The molecule has 0 aromatic heterocycles. The molecular weight excluding hydrogens is 983 g/mol. The zero-order chi connectivity index (χ0) is 58.5. The number of amides is 11. The summed E-state index contributed by atoms with van der Waals surface area (Å²) < 4.78 is 0. The van der Waals surface area contributed by atoms with Gasteiger partial charge in [-0.05, 0) is 62.2 Å². The second-order valence-electron chi connectivity index (χ2n) is 22.1. The van der Waals surface area contributed by atoms with Crippen LogP contribution in [0.2, 0.25) is 0 Å². The summed E-state index contributed by atoms with van der Waals surface area (Å²) in [5.41, 5.74) is 0. The van der Waals surface area contributed by atoms with Gasteiger partial charge in [0.25, 0.3) is 0 Å². The molecule has 1 fully saturated rings. The van der Waals surface area contributed by atoms with E-state index in [9.17, 15) is 57.8 Å². The number of rotatable bonds is 11. The van der Waals surface area contributed by atoms with Crippen molar-refractivity contribution in [2.75, 3.05) is 40.8 Å². The average molecular weight is 1080 g/mol. The van der Waals surface area contributed by atoms with Gasteiger partial charge in [0.2, 0.25) is 65.0 Å². The monoisotopic (exact) mass is 1080 g/mol. The molecule has 1 heterocycles. The van der Waals surface area contributed by atoms with Crippen LogP contribution in [0.3, 0.4) is 0 Å². The second-order valence-corrected chi connectivity index (χ2v) is 22.1. The smallest absolute Gasteiger partial charge is 0.245 e. The summed E-state index contributed by atoms with van der Waals surface area (Å²) >= 11 is 0. The molecule has 0 aromatic rings. The number of carbonyl (C=O) groups excluding carboxylic acids is 11. The minimum absolute atomic E-state index is 0.0812. The molecule has 1 rings (SSSR count). The lowest BCUT2D eigenvalue weighted by Crippen LogP contribution is -2.61. The molecule has 0 bridgehead atoms. The van der Waals surface area contributed by atoms with Crippen LogP contribution in [-0.2, 0) is 52.7 Å². The lowest BCUT2D eigenvalue weighted by atomic mass is 9.94. The summed E-state index contributed by atoms with van der Waals surface area (Å²) in [5.74, 6) is -8.75. The van der Waals surface area contributed by atoms with Crippen LogP contribution in [0.1, 0.15) is 142 Å². The molecule has 11 atom stereocenters. The minimum Gasteiger partial charge on any atom is -0.391 e. The van der Waals surface area contributed by atoms with Crippen molar-refractivity contribution in [2.45, 2.75) is 196 Å². The van der Waals surface area contributed by atoms with Crippen LogP contribution >= 0.6 is 0 Å². The number of nitrogens with zero attached hydrogens (tertiary/aromatic N) is 3. The fourth-order valence-corrected chi connectivity index (χ4v) is 9.13. The number of carbonyl (C=O) groups is 11. The quantitative estimate of drug-likeness (QED) is 0.135. The number of aliphatic hydroxyl groups is 1. The molecule has 1 aliphatic heterocycles. The van der Waals surface area contributed by atoms with Gasteiger partial charge in [-0.3, -0.25) is 52.7 Å². The van der Waals surface area contributed by atoms with Crippen molar-refractivity contribution in [3.63, 3.8) is 0 Å². The lowest BCUT2D eigenvalue weighted by molar-refractivity contribution is -0.145. The van der Waals surface area contributed by atoms with Gasteiger partial charge in [0, 0.05) is 60.0 Å². The van der Waals surface area contributed by atoms with Gasteiger partial charge in [-0.2, -0.15) is 0 Å². The van der Waals surface area contributed by atoms with E-state index < -0.39 is 137 Å². The molecule has 9 N–H and O–H groups in total. The molecule has 76 heavy (non-hydrogen) atoms. The van der Waals surface area contributed by atoms with Crippen LogP contribution in [0.5, 0.6) is 0 Å². The Morgan fingerprint density at radius 3 is 1.22 bits per heavy atom. The summed E-state index contributed by atoms with van der Waals surface area (Å²) in [6, 6.07) is -9.13. The number of nitrogens with one attached hydrogen (secondary N) is 8. The largest absolute Gasteiger partial charge is 0.391 e. The number of likely N-dealkylation sites (N-methyl/N-ethyl adjacent to an activating group) is 3. The van der Waals surface area contributed by atoms with Gasteiger partial charge < -0.3 is 62.3 Å². The van der Waals surface area contributed by atoms with E-state index in [0.29, 0.717) is 12.8 Å². The average Bonchev–Trinajstić information content (AvgIpc) is 3.32. The topological polar surface area (TPSA) is 314 Å². The molecule has 0 saturated carbocycles. The summed E-state index contributed by atoms with van der Waals surface area (Å²) in [6.45, 7) is 23.7. The van der Waals surface area contributed by atoms with E-state index in [-0.39, 0.29) is 69.5 Å². The van der Waals surface area contributed by atoms with Gasteiger partial charge >= 0.3 is 0 Å². The molecule has 0 radical (unpaired) electrons. The van der Waals surface area contributed by atoms with Gasteiger partial charge in [-0.1, -0.05) is 95.9 Å². The Labute approximate surface area is 451 Å². The van der Waals surface area contributed by atoms with Crippen molar-refractivity contribution in [3.05, 3.63) is 0 Å². The van der Waals surface area contributed by atoms with Crippen molar-refractivity contribution in [1.82, 2.24) is 57.2 Å². The van der Waals surface area contributed by atoms with Crippen LogP contribution in [-0.4, -0.2) is 180 Å². The molecule has 23 nitrogen and oxygen atoms in total. The third-order valence-electron chi connectivity index (χ3n) is 13.8. The highest BCUT2D eigenvalue weighted by atomic mass is 16.3. The highest BCUT2D eigenvalue weighted by Gasteiger charge is 2.40. The van der Waals surface area contributed by atoms with Crippen molar-refractivity contribution in [3.8, 4) is 0 Å². The van der Waals surface area contributed by atoms with Crippen LogP contribution < -0.4 is 42.5 Å². The van der Waals surface area contributed by atoms with E-state index in [2.05, 4.69) is 42.5 Å². The molecule has 1 saturated heterocycles. The van der Waals surface area contributed by atoms with E-state index >= 15 is 0 Å². The van der Waals surface area contributed by atoms with E-state index in [1.807, 2.05) is 41.5 Å². The van der Waals surface area contributed by atoms with E-state index in [1.165, 1.54) is 49.7 Å². The maximum Gasteiger partial charge on any atom is 0.245 e. The molecule has 23 heteroatoms. The first kappa shape index (κ1) is 68.1. The second kappa shape index (κ2) is 32.7. The Balaban J connectivity index is 3.73.